The number of nitrogens with zero attached hydrogens (tertiary/aromatic N) is 5. The molecule has 2 aromatic heterocycles. The van der Waals surface area contributed by atoms with Crippen molar-refractivity contribution in [3.8, 4) is 35.4 Å². The minimum Gasteiger partial charge on any atom is -0.508 e. The van der Waals surface area contributed by atoms with Crippen molar-refractivity contribution in [3.63, 3.8) is 0 Å². The van der Waals surface area contributed by atoms with Gasteiger partial charge in [0.05, 0.1) is 37.3 Å². The van der Waals surface area contributed by atoms with Crippen LogP contribution in [0.15, 0.2) is 30.5 Å². The Morgan fingerprint density at radius 1 is 1.09 bits per heavy atom. The van der Waals surface area contributed by atoms with Gasteiger partial charge >= 0.3 is 12.2 Å². The van der Waals surface area contributed by atoms with Crippen molar-refractivity contribution < 1.29 is 46.7 Å². The highest BCUT2D eigenvalue weighted by molar-refractivity contribution is 6.03. The lowest BCUT2D eigenvalue weighted by Crippen LogP contribution is -2.59. The van der Waals surface area contributed by atoms with Gasteiger partial charge in [-0.3, -0.25) is 9.88 Å². The molecule has 10 nitrogen and oxygen atoms in total. The molecule has 292 valence electrons. The van der Waals surface area contributed by atoms with Crippen LogP contribution in [0.25, 0.3) is 32.9 Å². The number of hydrogen-bond donors (Lipinski definition) is 3. The lowest BCUT2D eigenvalue weighted by molar-refractivity contribution is -0.300. The van der Waals surface area contributed by atoms with E-state index in [1.54, 1.807) is 11.8 Å². The van der Waals surface area contributed by atoms with Gasteiger partial charge in [0.15, 0.2) is 11.4 Å². The lowest BCUT2D eigenvalue weighted by atomic mass is 9.69. The number of fused-ring (bicyclic) bond motifs is 3. The molecule has 8 rings (SSSR count). The zero-order valence-electron chi connectivity index (χ0n) is 30.3. The summed E-state index contributed by atoms with van der Waals surface area (Å²) >= 11 is 0. The first-order valence-electron chi connectivity index (χ1n) is 18.6. The summed E-state index contributed by atoms with van der Waals surface area (Å²) in [5, 5.41) is 32.5. The van der Waals surface area contributed by atoms with Crippen LogP contribution in [0, 0.1) is 35.3 Å². The number of benzene rings is 2. The van der Waals surface area contributed by atoms with Gasteiger partial charge < -0.3 is 29.7 Å². The maximum atomic E-state index is 17.0. The van der Waals surface area contributed by atoms with Gasteiger partial charge in [-0.1, -0.05) is 18.4 Å². The van der Waals surface area contributed by atoms with Crippen LogP contribution in [0.4, 0.5) is 27.8 Å². The van der Waals surface area contributed by atoms with Gasteiger partial charge in [-0.15, -0.1) is 6.42 Å². The Labute approximate surface area is 314 Å². The molecule has 0 radical (unpaired) electrons. The number of aliphatic hydroxyl groups is 2. The highest BCUT2D eigenvalue weighted by Crippen LogP contribution is 2.52. The highest BCUT2D eigenvalue weighted by Gasteiger charge is 2.61. The number of aromatic nitrogens is 3. The number of likely N-dealkylation sites (tertiary alicyclic amines) is 1. The van der Waals surface area contributed by atoms with Crippen molar-refractivity contribution in [1.82, 2.24) is 19.9 Å². The third-order valence-corrected chi connectivity index (χ3v) is 12.0. The van der Waals surface area contributed by atoms with E-state index in [4.69, 9.17) is 20.9 Å². The Bertz CT molecular complexity index is 2190. The fraction of sp³-hybridized carbons (Fsp3) is 0.525. The van der Waals surface area contributed by atoms with Crippen LogP contribution in [0.3, 0.4) is 0 Å². The predicted molar refractivity (Wildman–Crippen MR) is 194 cm³/mol. The number of phenolic OH excluding ortho intramolecular Hbond substituents is 1. The number of halogens is 5. The number of anilines is 1. The molecule has 2 aromatic carbocycles. The van der Waals surface area contributed by atoms with Crippen molar-refractivity contribution >= 4 is 27.5 Å². The first-order chi connectivity index (χ1) is 26.1. The smallest absolute Gasteiger partial charge is 0.417 e. The predicted octanol–water partition coefficient (Wildman–Crippen LogP) is 6.11. The molecule has 55 heavy (non-hydrogen) atoms. The van der Waals surface area contributed by atoms with Crippen molar-refractivity contribution in [2.75, 3.05) is 50.9 Å². The molecule has 0 bridgehead atoms. The number of phenols is 1. The molecule has 3 atom stereocenters. The SMILES string of the molecule is C#Cc1c(F)ccc2cc(O)cc(-c3ncc4c(N5CCOCC(C)(O)C5)nc(OCC56CCCC5N(CC5CC(O)(C(F)(F)F)C5)CCC6)nc4c3F)c12. The summed E-state index contributed by atoms with van der Waals surface area (Å²) in [6, 6.07) is 5.19. The standard InChI is InChI=1S/C40H42F5N5O5/c1-3-26-29(41)8-7-24-14-25(51)15-27(31(24)26)33-32(42)34-28(18-46-33)35(50-12-13-54-21-37(2,52)20-50)48-36(47-34)55-22-38-9-4-6-30(38)49(11-5-10-38)19-23-16-39(53,17-23)40(43,44)45/h1,7-8,14-15,18,23,30,51-53H,4-6,9-13,16-17,19-22H2,2H3. The molecule has 3 N–H and O–H groups in total. The van der Waals surface area contributed by atoms with Crippen LogP contribution in [0.2, 0.25) is 0 Å². The molecule has 0 amide bonds. The summed E-state index contributed by atoms with van der Waals surface area (Å²) in [7, 11) is 0. The van der Waals surface area contributed by atoms with E-state index in [0.717, 1.165) is 38.6 Å². The molecule has 2 aliphatic carbocycles. The average molecular weight is 768 g/mol. The molecule has 15 heteroatoms. The number of hydrogen-bond acceptors (Lipinski definition) is 10. The first-order valence-corrected chi connectivity index (χ1v) is 18.6. The summed E-state index contributed by atoms with van der Waals surface area (Å²) in [6.07, 6.45) is 5.99. The van der Waals surface area contributed by atoms with Gasteiger partial charge in [-0.2, -0.15) is 23.1 Å². The number of rotatable bonds is 7. The zero-order valence-corrected chi connectivity index (χ0v) is 30.3. The molecule has 4 aromatic rings. The van der Waals surface area contributed by atoms with Crippen molar-refractivity contribution in [2.24, 2.45) is 11.3 Å². The van der Waals surface area contributed by atoms with E-state index in [9.17, 15) is 32.9 Å². The summed E-state index contributed by atoms with van der Waals surface area (Å²) < 4.78 is 84.1. The third-order valence-electron chi connectivity index (χ3n) is 12.0. The van der Waals surface area contributed by atoms with Gasteiger partial charge in [-0.25, -0.2) is 8.78 Å². The number of piperidine rings is 1. The number of pyridine rings is 1. The Morgan fingerprint density at radius 2 is 1.87 bits per heavy atom. The molecule has 4 fully saturated rings. The monoisotopic (exact) mass is 767 g/mol. The molecule has 2 saturated heterocycles. The second-order valence-corrected chi connectivity index (χ2v) is 16.1. The van der Waals surface area contributed by atoms with Crippen LogP contribution >= 0.6 is 0 Å². The Morgan fingerprint density at radius 3 is 2.64 bits per heavy atom. The van der Waals surface area contributed by atoms with Crippen LogP contribution < -0.4 is 9.64 Å². The fourth-order valence-electron chi connectivity index (χ4n) is 9.48. The Balaban J connectivity index is 1.16. The molecule has 3 unspecified atom stereocenters. The van der Waals surface area contributed by atoms with Crippen LogP contribution in [0.5, 0.6) is 11.8 Å². The van der Waals surface area contributed by atoms with E-state index >= 15 is 4.39 Å². The second kappa shape index (κ2) is 13.7. The minimum absolute atomic E-state index is 0.0379. The van der Waals surface area contributed by atoms with Gasteiger partial charge in [0.2, 0.25) is 0 Å². The molecule has 2 aliphatic heterocycles. The third kappa shape index (κ3) is 6.70. The lowest BCUT2D eigenvalue weighted by Gasteiger charge is -2.51. The Kier molecular flexibility index (Phi) is 9.34. The Hall–Kier alpha value is -4.36. The van der Waals surface area contributed by atoms with Crippen LogP contribution in [0.1, 0.15) is 57.4 Å². The van der Waals surface area contributed by atoms with E-state index in [1.165, 1.54) is 30.5 Å². The van der Waals surface area contributed by atoms with Crippen molar-refractivity contribution in [3.05, 3.63) is 47.7 Å². The molecule has 0 spiro atoms. The molecular weight excluding hydrogens is 725 g/mol. The normalized spacial score (nSPS) is 28.8. The average Bonchev–Trinajstić information content (AvgIpc) is 3.47. The van der Waals surface area contributed by atoms with E-state index in [-0.39, 0.29) is 107 Å². The maximum Gasteiger partial charge on any atom is 0.417 e. The quantitative estimate of drug-likeness (QED) is 0.150. The number of alkyl halides is 3. The van der Waals surface area contributed by atoms with Crippen LogP contribution in [-0.2, 0) is 4.74 Å². The number of aromatic hydroxyl groups is 1. The second-order valence-electron chi connectivity index (χ2n) is 16.1. The van der Waals surface area contributed by atoms with Gasteiger partial charge in [-0.05, 0) is 81.5 Å². The fourth-order valence-corrected chi connectivity index (χ4v) is 9.48. The van der Waals surface area contributed by atoms with Crippen LogP contribution in [-0.4, -0.2) is 105 Å². The van der Waals surface area contributed by atoms with Crippen molar-refractivity contribution in [2.45, 2.75) is 75.3 Å². The molecule has 4 heterocycles. The van der Waals surface area contributed by atoms with E-state index in [2.05, 4.69) is 20.8 Å². The maximum absolute atomic E-state index is 17.0. The number of ether oxygens (including phenoxy) is 2. The van der Waals surface area contributed by atoms with Gasteiger partial charge in [0.1, 0.15) is 34.2 Å². The topological polar surface area (TPSA) is 124 Å². The molecular formula is C40H42F5N5O5. The minimum atomic E-state index is -4.65. The van der Waals surface area contributed by atoms with E-state index in [1.807, 2.05) is 0 Å². The number of terminal acetylenes is 1. The van der Waals surface area contributed by atoms with Gasteiger partial charge in [0.25, 0.3) is 0 Å². The number of β-amino-alcohol motifs (C(OH)–C–C–N with tert-alkyl or cyclic N) is 1. The summed E-state index contributed by atoms with van der Waals surface area (Å²) in [5.41, 5.74) is -4.69. The van der Waals surface area contributed by atoms with E-state index < -0.39 is 29.0 Å². The molecule has 2 saturated carbocycles. The highest BCUT2D eigenvalue weighted by atomic mass is 19.4. The van der Waals surface area contributed by atoms with E-state index in [0.29, 0.717) is 18.5 Å². The summed E-state index contributed by atoms with van der Waals surface area (Å²) in [6.45, 7) is 3.71. The van der Waals surface area contributed by atoms with Gasteiger partial charge in [0, 0.05) is 41.7 Å². The molecule has 4 aliphatic rings. The summed E-state index contributed by atoms with van der Waals surface area (Å²) in [4.78, 5) is 17.8. The zero-order chi connectivity index (χ0) is 38.9. The summed E-state index contributed by atoms with van der Waals surface area (Å²) in [5.74, 6) is 0.536. The largest absolute Gasteiger partial charge is 0.508 e. The first kappa shape index (κ1) is 37.6. The van der Waals surface area contributed by atoms with Crippen molar-refractivity contribution in [1.29, 1.82) is 0 Å².